The number of hydrogen-bond donors (Lipinski definition) is 3. The van der Waals surface area contributed by atoms with Crippen molar-refractivity contribution < 1.29 is 14.7 Å². The molecule has 8 nitrogen and oxygen atoms in total. The molecule has 0 radical (unpaired) electrons. The number of nitrogens with one attached hydrogen (secondary N) is 2. The number of rotatable bonds is 6. The van der Waals surface area contributed by atoms with Gasteiger partial charge in [-0.1, -0.05) is 19.9 Å². The van der Waals surface area contributed by atoms with Crippen LogP contribution < -0.4 is 10.6 Å². The summed E-state index contributed by atoms with van der Waals surface area (Å²) in [5.74, 6) is -0.162. The Labute approximate surface area is 198 Å². The van der Waals surface area contributed by atoms with Crippen molar-refractivity contribution in [1.29, 1.82) is 5.26 Å². The summed E-state index contributed by atoms with van der Waals surface area (Å²) in [6.07, 6.45) is 5.39. The van der Waals surface area contributed by atoms with E-state index in [0.717, 1.165) is 53.4 Å². The minimum Gasteiger partial charge on any atom is -0.465 e. The predicted molar refractivity (Wildman–Crippen MR) is 130 cm³/mol. The minimum absolute atomic E-state index is 0.0172. The lowest BCUT2D eigenvalue weighted by atomic mass is 9.90. The predicted octanol–water partition coefficient (Wildman–Crippen LogP) is 5.00. The molecule has 0 bridgehead atoms. The van der Waals surface area contributed by atoms with Crippen molar-refractivity contribution in [2.75, 3.05) is 5.32 Å². The third kappa shape index (κ3) is 4.99. The summed E-state index contributed by atoms with van der Waals surface area (Å²) in [6.45, 7) is 3.75. The number of carbonyl (C=O) groups excluding carboxylic acids is 1. The van der Waals surface area contributed by atoms with Crippen LogP contribution in [0.4, 0.5) is 10.5 Å². The number of nitrogens with zero attached hydrogens (tertiary/aromatic N) is 3. The number of amides is 1. The highest BCUT2D eigenvalue weighted by Crippen LogP contribution is 2.34. The van der Waals surface area contributed by atoms with Gasteiger partial charge in [0, 0.05) is 41.3 Å². The van der Waals surface area contributed by atoms with E-state index in [4.69, 9.17) is 10.4 Å². The molecular formula is C26H27N5O3. The Kier molecular flexibility index (Phi) is 6.73. The zero-order chi connectivity index (χ0) is 24.2. The number of carboxylic acid groups (broad SMARTS) is 1. The molecule has 2 heterocycles. The average molecular weight is 458 g/mol. The lowest BCUT2D eigenvalue weighted by Gasteiger charge is -2.30. The second-order valence-electron chi connectivity index (χ2n) is 8.98. The van der Waals surface area contributed by atoms with Gasteiger partial charge in [-0.15, -0.1) is 0 Å². The van der Waals surface area contributed by atoms with Crippen LogP contribution in [0, 0.1) is 17.2 Å². The van der Waals surface area contributed by atoms with Crippen molar-refractivity contribution in [1.82, 2.24) is 15.3 Å². The summed E-state index contributed by atoms with van der Waals surface area (Å²) >= 11 is 0. The number of ketones is 1. The highest BCUT2D eigenvalue weighted by atomic mass is 16.4. The van der Waals surface area contributed by atoms with Crippen molar-refractivity contribution in [3.8, 4) is 17.2 Å². The summed E-state index contributed by atoms with van der Waals surface area (Å²) in [5.41, 5.74) is 4.23. The molecule has 0 saturated heterocycles. The van der Waals surface area contributed by atoms with Gasteiger partial charge in [-0.25, -0.2) is 9.78 Å². The molecule has 34 heavy (non-hydrogen) atoms. The van der Waals surface area contributed by atoms with E-state index >= 15 is 0 Å². The summed E-state index contributed by atoms with van der Waals surface area (Å²) in [4.78, 5) is 32.7. The van der Waals surface area contributed by atoms with E-state index in [1.807, 2.05) is 44.2 Å². The monoisotopic (exact) mass is 457 g/mol. The zero-order valence-electron chi connectivity index (χ0n) is 19.2. The largest absolute Gasteiger partial charge is 0.465 e. The van der Waals surface area contributed by atoms with Gasteiger partial charge in [0.15, 0.2) is 5.78 Å². The fourth-order valence-corrected chi connectivity index (χ4v) is 4.42. The first kappa shape index (κ1) is 23.2. The first-order valence-corrected chi connectivity index (χ1v) is 11.4. The number of nitriles is 1. The van der Waals surface area contributed by atoms with Gasteiger partial charge in [0.25, 0.3) is 0 Å². The average Bonchev–Trinajstić information content (AvgIpc) is 2.84. The third-order valence-corrected chi connectivity index (χ3v) is 6.27. The molecule has 0 atom stereocenters. The number of benzene rings is 1. The molecule has 1 aliphatic carbocycles. The topological polar surface area (TPSA) is 128 Å². The molecule has 0 unspecified atom stereocenters. The lowest BCUT2D eigenvalue weighted by Crippen LogP contribution is -2.39. The van der Waals surface area contributed by atoms with Gasteiger partial charge in [0.2, 0.25) is 0 Å². The minimum atomic E-state index is -0.994. The Bertz CT molecular complexity index is 1260. The van der Waals surface area contributed by atoms with Crippen molar-refractivity contribution in [2.24, 2.45) is 5.92 Å². The van der Waals surface area contributed by atoms with Crippen molar-refractivity contribution in [3.63, 3.8) is 0 Å². The number of pyridine rings is 2. The standard InChI is InChI=1S/C26H27N5O3/c1-15(2)25(32)22-14-29-23-10-4-16(17-3-5-20(12-27)28-13-17)11-21(23)24(22)30-18-6-8-19(9-7-18)31-26(33)34/h3-5,10-11,13-15,18-19,31H,6-9H2,1-2H3,(H,29,30)(H,33,34). The van der Waals surface area contributed by atoms with Gasteiger partial charge in [0.1, 0.15) is 11.8 Å². The quantitative estimate of drug-likeness (QED) is 0.444. The van der Waals surface area contributed by atoms with E-state index < -0.39 is 6.09 Å². The van der Waals surface area contributed by atoms with Crippen LogP contribution >= 0.6 is 0 Å². The molecular weight excluding hydrogens is 430 g/mol. The lowest BCUT2D eigenvalue weighted by molar-refractivity contribution is 0.0940. The van der Waals surface area contributed by atoms with E-state index in [9.17, 15) is 9.59 Å². The first-order chi connectivity index (χ1) is 16.4. The van der Waals surface area contributed by atoms with Gasteiger partial charge >= 0.3 is 6.09 Å². The van der Waals surface area contributed by atoms with E-state index in [0.29, 0.717) is 11.3 Å². The summed E-state index contributed by atoms with van der Waals surface area (Å²) < 4.78 is 0. The number of Topliss-reactive ketones (excluding diaryl/α,β-unsaturated/α-hetero) is 1. The Hall–Kier alpha value is -3.99. The second-order valence-corrected chi connectivity index (χ2v) is 8.98. The molecule has 1 fully saturated rings. The first-order valence-electron chi connectivity index (χ1n) is 11.4. The normalized spacial score (nSPS) is 17.8. The van der Waals surface area contributed by atoms with Crippen molar-refractivity contribution in [3.05, 3.63) is 54.0 Å². The molecule has 4 rings (SSSR count). The van der Waals surface area contributed by atoms with Crippen LogP contribution in [-0.2, 0) is 0 Å². The Balaban J connectivity index is 1.72. The molecule has 8 heteroatoms. The Morgan fingerprint density at radius 3 is 2.35 bits per heavy atom. The van der Waals surface area contributed by atoms with Gasteiger partial charge in [-0.05, 0) is 55.5 Å². The highest BCUT2D eigenvalue weighted by Gasteiger charge is 2.25. The van der Waals surface area contributed by atoms with Gasteiger partial charge in [0.05, 0.1) is 16.8 Å². The van der Waals surface area contributed by atoms with Crippen molar-refractivity contribution >= 4 is 28.5 Å². The number of hydrogen-bond acceptors (Lipinski definition) is 6. The van der Waals surface area contributed by atoms with E-state index in [2.05, 4.69) is 20.6 Å². The van der Waals surface area contributed by atoms with Crippen LogP contribution in [0.3, 0.4) is 0 Å². The molecule has 1 saturated carbocycles. The highest BCUT2D eigenvalue weighted by molar-refractivity contribution is 6.09. The van der Waals surface area contributed by atoms with E-state index in [1.54, 1.807) is 18.5 Å². The summed E-state index contributed by atoms with van der Waals surface area (Å²) in [6, 6.07) is 11.5. The van der Waals surface area contributed by atoms with Crippen LogP contribution in [0.15, 0.2) is 42.7 Å². The van der Waals surface area contributed by atoms with E-state index in [-0.39, 0.29) is 23.8 Å². The molecule has 174 valence electrons. The fourth-order valence-electron chi connectivity index (χ4n) is 4.42. The second kappa shape index (κ2) is 9.87. The summed E-state index contributed by atoms with van der Waals surface area (Å²) in [7, 11) is 0. The molecule has 2 aromatic heterocycles. The van der Waals surface area contributed by atoms with Gasteiger partial charge in [-0.2, -0.15) is 5.26 Å². The molecule has 0 spiro atoms. The molecule has 3 N–H and O–H groups in total. The number of carbonyl (C=O) groups is 2. The SMILES string of the molecule is CC(C)C(=O)c1cnc2ccc(-c3ccc(C#N)nc3)cc2c1NC1CCC(NC(=O)O)CC1. The smallest absolute Gasteiger partial charge is 0.404 e. The number of fused-ring (bicyclic) bond motifs is 1. The molecule has 3 aromatic rings. The number of aromatic nitrogens is 2. The molecule has 1 aromatic carbocycles. The maximum absolute atomic E-state index is 13.1. The van der Waals surface area contributed by atoms with Crippen LogP contribution in [0.1, 0.15) is 55.6 Å². The third-order valence-electron chi connectivity index (χ3n) is 6.27. The fraction of sp³-hybridized carbons (Fsp3) is 0.346. The van der Waals surface area contributed by atoms with Crippen LogP contribution in [-0.4, -0.2) is 39.0 Å². The molecule has 0 aliphatic heterocycles. The maximum Gasteiger partial charge on any atom is 0.404 e. The van der Waals surface area contributed by atoms with E-state index in [1.165, 1.54) is 0 Å². The maximum atomic E-state index is 13.1. The zero-order valence-corrected chi connectivity index (χ0v) is 19.2. The number of anilines is 1. The molecule has 1 amide bonds. The van der Waals surface area contributed by atoms with Crippen LogP contribution in [0.5, 0.6) is 0 Å². The van der Waals surface area contributed by atoms with Crippen molar-refractivity contribution in [2.45, 2.75) is 51.6 Å². The van der Waals surface area contributed by atoms with Crippen LogP contribution in [0.25, 0.3) is 22.0 Å². The van der Waals surface area contributed by atoms with Gasteiger partial charge < -0.3 is 15.7 Å². The van der Waals surface area contributed by atoms with Gasteiger partial charge in [-0.3, -0.25) is 9.78 Å². The Morgan fingerprint density at radius 2 is 1.74 bits per heavy atom. The Morgan fingerprint density at radius 1 is 1.03 bits per heavy atom. The summed E-state index contributed by atoms with van der Waals surface area (Å²) in [5, 5.41) is 25.0. The van der Waals surface area contributed by atoms with Crippen LogP contribution in [0.2, 0.25) is 0 Å². The molecule has 1 aliphatic rings.